The number of para-hydroxylation sites is 1. The van der Waals surface area contributed by atoms with Gasteiger partial charge in [-0.1, -0.05) is 18.2 Å². The SMILES string of the molecule is CC(C)S(=O)(=O)NCC1CCCN1c1ccccc1. The summed E-state index contributed by atoms with van der Waals surface area (Å²) in [4.78, 5) is 2.29. The van der Waals surface area contributed by atoms with Crippen LogP contribution in [-0.4, -0.2) is 32.8 Å². The van der Waals surface area contributed by atoms with E-state index in [1.807, 2.05) is 18.2 Å². The molecule has 1 heterocycles. The van der Waals surface area contributed by atoms with Gasteiger partial charge in [-0.25, -0.2) is 13.1 Å². The molecule has 1 aromatic rings. The molecule has 0 spiro atoms. The highest BCUT2D eigenvalue weighted by Crippen LogP contribution is 2.24. The number of rotatable bonds is 5. The lowest BCUT2D eigenvalue weighted by molar-refractivity contribution is 0.559. The molecule has 0 aliphatic carbocycles. The van der Waals surface area contributed by atoms with Gasteiger partial charge in [0.25, 0.3) is 0 Å². The van der Waals surface area contributed by atoms with Crippen LogP contribution in [-0.2, 0) is 10.0 Å². The number of nitrogens with one attached hydrogen (secondary N) is 1. The maximum absolute atomic E-state index is 11.8. The van der Waals surface area contributed by atoms with E-state index in [4.69, 9.17) is 0 Å². The van der Waals surface area contributed by atoms with Crippen molar-refractivity contribution >= 4 is 15.7 Å². The third-order valence-electron chi connectivity index (χ3n) is 3.61. The van der Waals surface area contributed by atoms with Gasteiger partial charge < -0.3 is 4.90 Å². The van der Waals surface area contributed by atoms with Gasteiger partial charge in [0.2, 0.25) is 10.0 Å². The Morgan fingerprint density at radius 1 is 1.32 bits per heavy atom. The summed E-state index contributed by atoms with van der Waals surface area (Å²) in [6.07, 6.45) is 2.15. The van der Waals surface area contributed by atoms with Gasteiger partial charge >= 0.3 is 0 Å². The minimum Gasteiger partial charge on any atom is -0.367 e. The first-order valence-corrected chi connectivity index (χ1v) is 8.35. The second-order valence-corrected chi connectivity index (χ2v) is 7.59. The van der Waals surface area contributed by atoms with Crippen LogP contribution in [0.1, 0.15) is 26.7 Å². The lowest BCUT2D eigenvalue weighted by Crippen LogP contribution is -2.42. The Morgan fingerprint density at radius 3 is 2.63 bits per heavy atom. The highest BCUT2D eigenvalue weighted by atomic mass is 32.2. The zero-order valence-corrected chi connectivity index (χ0v) is 12.4. The predicted octanol–water partition coefficient (Wildman–Crippen LogP) is 1.98. The Bertz CT molecular complexity index is 499. The van der Waals surface area contributed by atoms with E-state index in [1.54, 1.807) is 13.8 Å². The van der Waals surface area contributed by atoms with Crippen molar-refractivity contribution in [1.29, 1.82) is 0 Å². The second kappa shape index (κ2) is 5.92. The smallest absolute Gasteiger partial charge is 0.214 e. The van der Waals surface area contributed by atoms with Crippen LogP contribution < -0.4 is 9.62 Å². The van der Waals surface area contributed by atoms with E-state index < -0.39 is 10.0 Å². The van der Waals surface area contributed by atoms with Crippen LogP contribution in [0.5, 0.6) is 0 Å². The second-order valence-electron chi connectivity index (χ2n) is 5.27. The molecule has 0 bridgehead atoms. The first-order chi connectivity index (χ1) is 9.00. The van der Waals surface area contributed by atoms with Gasteiger partial charge in [-0.15, -0.1) is 0 Å². The molecule has 1 N–H and O–H groups in total. The van der Waals surface area contributed by atoms with Crippen LogP contribution >= 0.6 is 0 Å². The number of sulfonamides is 1. The number of benzene rings is 1. The van der Waals surface area contributed by atoms with E-state index >= 15 is 0 Å². The summed E-state index contributed by atoms with van der Waals surface area (Å²) in [5.74, 6) is 0. The Balaban J connectivity index is 2.01. The number of hydrogen-bond acceptors (Lipinski definition) is 3. The monoisotopic (exact) mass is 282 g/mol. The Morgan fingerprint density at radius 2 is 2.00 bits per heavy atom. The molecule has 1 aliphatic rings. The molecule has 0 amide bonds. The lowest BCUT2D eigenvalue weighted by Gasteiger charge is -2.27. The predicted molar refractivity (Wildman–Crippen MR) is 78.9 cm³/mol. The Hall–Kier alpha value is -1.07. The van der Waals surface area contributed by atoms with Crippen LogP contribution in [0, 0.1) is 0 Å². The fourth-order valence-electron chi connectivity index (χ4n) is 2.39. The van der Waals surface area contributed by atoms with Crippen molar-refractivity contribution in [2.24, 2.45) is 0 Å². The summed E-state index contributed by atoms with van der Waals surface area (Å²) in [6.45, 7) is 4.89. The van der Waals surface area contributed by atoms with Crippen LogP contribution in [0.2, 0.25) is 0 Å². The average molecular weight is 282 g/mol. The first kappa shape index (κ1) is 14.3. The summed E-state index contributed by atoms with van der Waals surface area (Å²) < 4.78 is 26.3. The van der Waals surface area contributed by atoms with Crippen molar-refractivity contribution in [2.75, 3.05) is 18.0 Å². The third kappa shape index (κ3) is 3.48. The van der Waals surface area contributed by atoms with Crippen LogP contribution in [0.4, 0.5) is 5.69 Å². The number of nitrogens with zero attached hydrogens (tertiary/aromatic N) is 1. The zero-order chi connectivity index (χ0) is 13.9. The molecule has 106 valence electrons. The third-order valence-corrected chi connectivity index (χ3v) is 5.42. The van der Waals surface area contributed by atoms with Gasteiger partial charge in [0.05, 0.1) is 5.25 Å². The van der Waals surface area contributed by atoms with Gasteiger partial charge in [0.15, 0.2) is 0 Å². The summed E-state index contributed by atoms with van der Waals surface area (Å²) in [5, 5.41) is -0.376. The van der Waals surface area contributed by atoms with E-state index in [0.29, 0.717) is 6.54 Å². The lowest BCUT2D eigenvalue weighted by atomic mass is 10.2. The van der Waals surface area contributed by atoms with Crippen molar-refractivity contribution in [2.45, 2.75) is 38.0 Å². The fraction of sp³-hybridized carbons (Fsp3) is 0.571. The molecule has 19 heavy (non-hydrogen) atoms. The summed E-state index contributed by atoms with van der Waals surface area (Å²) >= 11 is 0. The molecule has 0 radical (unpaired) electrons. The van der Waals surface area contributed by atoms with Gasteiger partial charge in [0, 0.05) is 24.8 Å². The topological polar surface area (TPSA) is 49.4 Å². The average Bonchev–Trinajstić information content (AvgIpc) is 2.85. The fourth-order valence-corrected chi connectivity index (χ4v) is 3.14. The van der Waals surface area contributed by atoms with Crippen LogP contribution in [0.15, 0.2) is 30.3 Å². The molecular weight excluding hydrogens is 260 g/mol. The molecule has 0 saturated carbocycles. The van der Waals surface area contributed by atoms with E-state index in [2.05, 4.69) is 21.8 Å². The molecule has 4 nitrogen and oxygen atoms in total. The van der Waals surface area contributed by atoms with Crippen LogP contribution in [0.3, 0.4) is 0 Å². The van der Waals surface area contributed by atoms with E-state index in [-0.39, 0.29) is 11.3 Å². The first-order valence-electron chi connectivity index (χ1n) is 6.81. The number of hydrogen-bond donors (Lipinski definition) is 1. The largest absolute Gasteiger partial charge is 0.367 e. The Kier molecular flexibility index (Phi) is 4.47. The zero-order valence-electron chi connectivity index (χ0n) is 11.5. The molecule has 0 aromatic heterocycles. The molecule has 1 saturated heterocycles. The highest BCUT2D eigenvalue weighted by molar-refractivity contribution is 7.90. The maximum atomic E-state index is 11.8. The molecule has 1 unspecified atom stereocenters. The van der Waals surface area contributed by atoms with Crippen molar-refractivity contribution < 1.29 is 8.42 Å². The molecule has 1 aliphatic heterocycles. The van der Waals surface area contributed by atoms with E-state index in [9.17, 15) is 8.42 Å². The van der Waals surface area contributed by atoms with Crippen molar-refractivity contribution in [3.8, 4) is 0 Å². The quantitative estimate of drug-likeness (QED) is 0.898. The minimum atomic E-state index is -3.17. The Labute approximate surface area is 115 Å². The van der Waals surface area contributed by atoms with Crippen molar-refractivity contribution in [3.05, 3.63) is 30.3 Å². The number of anilines is 1. The molecule has 1 fully saturated rings. The van der Waals surface area contributed by atoms with Crippen molar-refractivity contribution in [1.82, 2.24) is 4.72 Å². The maximum Gasteiger partial charge on any atom is 0.214 e. The van der Waals surface area contributed by atoms with Gasteiger partial charge in [-0.05, 0) is 38.8 Å². The normalized spacial score (nSPS) is 20.2. The van der Waals surface area contributed by atoms with E-state index in [0.717, 1.165) is 19.4 Å². The van der Waals surface area contributed by atoms with Gasteiger partial charge in [-0.2, -0.15) is 0 Å². The summed E-state index contributed by atoms with van der Waals surface area (Å²) in [7, 11) is -3.17. The molecule has 2 rings (SSSR count). The molecular formula is C14H22N2O2S. The molecule has 1 aromatic carbocycles. The highest BCUT2D eigenvalue weighted by Gasteiger charge is 2.26. The minimum absolute atomic E-state index is 0.260. The van der Waals surface area contributed by atoms with Crippen molar-refractivity contribution in [3.63, 3.8) is 0 Å². The van der Waals surface area contributed by atoms with Gasteiger partial charge in [0.1, 0.15) is 0 Å². The van der Waals surface area contributed by atoms with E-state index in [1.165, 1.54) is 5.69 Å². The summed E-state index contributed by atoms with van der Waals surface area (Å²) in [6, 6.07) is 10.4. The molecule has 1 atom stereocenters. The standard InChI is InChI=1S/C14H22N2O2S/c1-12(2)19(17,18)15-11-14-9-6-10-16(14)13-7-4-3-5-8-13/h3-5,7-8,12,14-15H,6,9-11H2,1-2H3. The summed E-state index contributed by atoms with van der Waals surface area (Å²) in [5.41, 5.74) is 1.17. The van der Waals surface area contributed by atoms with Crippen LogP contribution in [0.25, 0.3) is 0 Å². The molecule has 5 heteroatoms. The van der Waals surface area contributed by atoms with Gasteiger partial charge in [-0.3, -0.25) is 0 Å².